The maximum atomic E-state index is 12.4. The SMILES string of the molecule is CC(C)(C)CC(C)(C)c1cc(-c2cc(Cl)cc(C(C)(C)C)c2)c(O)c(-n2c3ccc(C(C)(C)C)cc3c3cc(C(C)(C)C)ccc32)c1. The molecule has 0 saturated carbocycles. The second-order valence-corrected chi connectivity index (χ2v) is 19.2. The molecule has 0 bridgehead atoms. The van der Waals surface area contributed by atoms with Crippen LogP contribution in [-0.2, 0) is 21.7 Å². The van der Waals surface area contributed by atoms with Crippen LogP contribution in [0, 0.1) is 5.41 Å². The summed E-state index contributed by atoms with van der Waals surface area (Å²) in [6.45, 7) is 31.8. The summed E-state index contributed by atoms with van der Waals surface area (Å²) in [6.07, 6.45) is 0.990. The quantitative estimate of drug-likeness (QED) is 0.206. The lowest BCUT2D eigenvalue weighted by atomic mass is 9.71. The summed E-state index contributed by atoms with van der Waals surface area (Å²) in [5.41, 5.74) is 9.53. The number of aromatic nitrogens is 1. The van der Waals surface area contributed by atoms with Gasteiger partial charge in [-0.15, -0.1) is 0 Å². The molecule has 5 rings (SSSR count). The number of rotatable bonds is 4. The fourth-order valence-corrected chi connectivity index (χ4v) is 7.46. The van der Waals surface area contributed by atoms with E-state index in [-0.39, 0.29) is 32.8 Å². The van der Waals surface area contributed by atoms with Crippen molar-refractivity contribution in [3.63, 3.8) is 0 Å². The second-order valence-electron chi connectivity index (χ2n) is 18.8. The molecule has 1 N–H and O–H groups in total. The van der Waals surface area contributed by atoms with E-state index in [1.165, 1.54) is 27.5 Å². The number of fused-ring (bicyclic) bond motifs is 3. The molecule has 0 fully saturated rings. The third-order valence-corrected chi connectivity index (χ3v) is 9.87. The fraction of sp³-hybridized carbons (Fsp3) is 0.455. The van der Waals surface area contributed by atoms with Gasteiger partial charge in [0.1, 0.15) is 5.75 Å². The van der Waals surface area contributed by atoms with Gasteiger partial charge in [0.25, 0.3) is 0 Å². The van der Waals surface area contributed by atoms with Gasteiger partial charge >= 0.3 is 0 Å². The molecule has 5 aromatic rings. The van der Waals surface area contributed by atoms with Crippen molar-refractivity contribution in [3.8, 4) is 22.6 Å². The normalized spacial score (nSPS) is 13.6. The molecule has 47 heavy (non-hydrogen) atoms. The van der Waals surface area contributed by atoms with E-state index in [4.69, 9.17) is 11.6 Å². The van der Waals surface area contributed by atoms with Crippen LogP contribution in [0.1, 0.15) is 126 Å². The topological polar surface area (TPSA) is 25.2 Å². The van der Waals surface area contributed by atoms with Crippen LogP contribution in [0.4, 0.5) is 0 Å². The lowest BCUT2D eigenvalue weighted by Crippen LogP contribution is -2.25. The monoisotopic (exact) mass is 649 g/mol. The third-order valence-electron chi connectivity index (χ3n) is 9.66. The zero-order valence-electron chi connectivity index (χ0n) is 31.3. The van der Waals surface area contributed by atoms with E-state index in [9.17, 15) is 5.11 Å². The Kier molecular flexibility index (Phi) is 8.54. The first-order valence-corrected chi connectivity index (χ1v) is 17.5. The number of hydrogen-bond donors (Lipinski definition) is 1. The average molecular weight is 650 g/mol. The van der Waals surface area contributed by atoms with Gasteiger partial charge in [0, 0.05) is 21.4 Å². The van der Waals surface area contributed by atoms with Crippen LogP contribution < -0.4 is 0 Å². The molecule has 0 spiro atoms. The predicted octanol–water partition coefficient (Wildman–Crippen LogP) is 13.4. The first-order chi connectivity index (χ1) is 21.4. The predicted molar refractivity (Wildman–Crippen MR) is 206 cm³/mol. The summed E-state index contributed by atoms with van der Waals surface area (Å²) in [6, 6.07) is 24.4. The summed E-state index contributed by atoms with van der Waals surface area (Å²) in [7, 11) is 0. The van der Waals surface area contributed by atoms with Crippen LogP contribution >= 0.6 is 11.6 Å². The molecule has 0 aliphatic rings. The van der Waals surface area contributed by atoms with Crippen LogP contribution in [-0.4, -0.2) is 9.67 Å². The molecule has 0 saturated heterocycles. The number of phenolic OH excluding ortho intramolecular Hbond substituents is 1. The van der Waals surface area contributed by atoms with E-state index in [1.54, 1.807) is 0 Å². The molecule has 0 radical (unpaired) electrons. The van der Waals surface area contributed by atoms with Crippen molar-refractivity contribution < 1.29 is 5.11 Å². The molecule has 0 atom stereocenters. The Morgan fingerprint density at radius 3 is 1.49 bits per heavy atom. The molecule has 0 aliphatic heterocycles. The van der Waals surface area contributed by atoms with Gasteiger partial charge in [-0.25, -0.2) is 0 Å². The van der Waals surface area contributed by atoms with Gasteiger partial charge in [0.15, 0.2) is 0 Å². The van der Waals surface area contributed by atoms with Gasteiger partial charge in [-0.1, -0.05) is 127 Å². The van der Waals surface area contributed by atoms with Crippen LogP contribution in [0.25, 0.3) is 38.6 Å². The van der Waals surface area contributed by atoms with Gasteiger partial charge < -0.3 is 9.67 Å². The summed E-state index contributed by atoms with van der Waals surface area (Å²) >= 11 is 6.79. The molecule has 0 amide bonds. The molecule has 3 heteroatoms. The van der Waals surface area contributed by atoms with Crippen molar-refractivity contribution in [2.45, 2.75) is 125 Å². The van der Waals surface area contributed by atoms with Crippen LogP contribution in [0.15, 0.2) is 66.7 Å². The Hall–Kier alpha value is -3.23. The van der Waals surface area contributed by atoms with Crippen molar-refractivity contribution in [3.05, 3.63) is 94.0 Å². The van der Waals surface area contributed by atoms with Gasteiger partial charge in [-0.2, -0.15) is 0 Å². The summed E-state index contributed by atoms with van der Waals surface area (Å²) in [5, 5.41) is 15.5. The van der Waals surface area contributed by atoms with Gasteiger partial charge in [-0.3, -0.25) is 0 Å². The minimum atomic E-state index is -0.154. The van der Waals surface area contributed by atoms with Gasteiger partial charge in [0.2, 0.25) is 0 Å². The zero-order chi connectivity index (χ0) is 35.1. The number of aromatic hydroxyl groups is 1. The first kappa shape index (κ1) is 35.1. The highest BCUT2D eigenvalue weighted by molar-refractivity contribution is 6.31. The molecule has 0 unspecified atom stereocenters. The number of benzene rings is 4. The summed E-state index contributed by atoms with van der Waals surface area (Å²) in [4.78, 5) is 0. The molecule has 4 aromatic carbocycles. The zero-order valence-corrected chi connectivity index (χ0v) is 32.1. The Labute approximate surface area is 289 Å². The lowest BCUT2D eigenvalue weighted by molar-refractivity contribution is 0.284. The van der Waals surface area contributed by atoms with Crippen molar-refractivity contribution in [2.24, 2.45) is 5.41 Å². The number of nitrogens with zero attached hydrogens (tertiary/aromatic N) is 1. The van der Waals surface area contributed by atoms with E-state index in [0.29, 0.717) is 5.02 Å². The van der Waals surface area contributed by atoms with E-state index in [0.717, 1.165) is 39.8 Å². The third kappa shape index (κ3) is 7.00. The average Bonchev–Trinajstić information content (AvgIpc) is 3.23. The van der Waals surface area contributed by atoms with Crippen molar-refractivity contribution in [1.82, 2.24) is 4.57 Å². The second kappa shape index (κ2) is 11.4. The molecule has 2 nitrogen and oxygen atoms in total. The minimum Gasteiger partial charge on any atom is -0.505 e. The lowest BCUT2D eigenvalue weighted by Gasteiger charge is -2.34. The van der Waals surface area contributed by atoms with E-state index in [1.807, 2.05) is 12.1 Å². The van der Waals surface area contributed by atoms with Gasteiger partial charge in [0.05, 0.1) is 16.7 Å². The van der Waals surface area contributed by atoms with Crippen LogP contribution in [0.3, 0.4) is 0 Å². The van der Waals surface area contributed by atoms with E-state index < -0.39 is 0 Å². The molecule has 1 aromatic heterocycles. The highest BCUT2D eigenvalue weighted by atomic mass is 35.5. The number of hydrogen-bond acceptors (Lipinski definition) is 1. The van der Waals surface area contributed by atoms with Crippen molar-refractivity contribution in [1.29, 1.82) is 0 Å². The Morgan fingerprint density at radius 2 is 1.04 bits per heavy atom. The van der Waals surface area contributed by atoms with Crippen molar-refractivity contribution in [2.75, 3.05) is 0 Å². The van der Waals surface area contributed by atoms with Gasteiger partial charge in [-0.05, 0) is 110 Å². The Balaban J connectivity index is 1.93. The standard InChI is InChI=1S/C44H56ClNO/c1-40(2,3)26-44(13,14)31-24-33(27-19-30(43(10,11)12)21-32(45)20-27)39(47)38(25-31)46-36-17-15-28(41(4,5)6)22-34(36)35-23-29(42(7,8)9)16-18-37(35)46/h15-25,47H,26H2,1-14H3. The first-order valence-electron chi connectivity index (χ1n) is 17.2. The summed E-state index contributed by atoms with van der Waals surface area (Å²) < 4.78 is 2.29. The molecule has 1 heterocycles. The molecule has 0 aliphatic carbocycles. The Morgan fingerprint density at radius 1 is 0.553 bits per heavy atom. The fourth-order valence-electron chi connectivity index (χ4n) is 7.22. The highest BCUT2D eigenvalue weighted by Crippen LogP contribution is 2.46. The smallest absolute Gasteiger partial charge is 0.147 e. The van der Waals surface area contributed by atoms with Crippen LogP contribution in [0.2, 0.25) is 5.02 Å². The number of phenols is 1. The molecular formula is C44H56ClNO. The van der Waals surface area contributed by atoms with E-state index >= 15 is 0 Å². The minimum absolute atomic E-state index is 0.00773. The van der Waals surface area contributed by atoms with Crippen molar-refractivity contribution >= 4 is 33.4 Å². The highest BCUT2D eigenvalue weighted by Gasteiger charge is 2.31. The molecular weight excluding hydrogens is 594 g/mol. The summed E-state index contributed by atoms with van der Waals surface area (Å²) in [5.74, 6) is 0.265. The van der Waals surface area contributed by atoms with Crippen LogP contribution in [0.5, 0.6) is 5.75 Å². The maximum Gasteiger partial charge on any atom is 0.147 e. The van der Waals surface area contributed by atoms with E-state index in [2.05, 4.69) is 156 Å². The largest absolute Gasteiger partial charge is 0.505 e. The maximum absolute atomic E-state index is 12.4. The molecule has 250 valence electrons. The number of halogens is 1. The Bertz CT molecular complexity index is 1910.